The lowest BCUT2D eigenvalue weighted by Crippen LogP contribution is -2.42. The second-order valence-corrected chi connectivity index (χ2v) is 9.94. The van der Waals surface area contributed by atoms with Crippen LogP contribution < -0.4 is 10.9 Å². The van der Waals surface area contributed by atoms with Crippen molar-refractivity contribution in [3.8, 4) is 6.07 Å². The van der Waals surface area contributed by atoms with Gasteiger partial charge in [0.05, 0.1) is 12.9 Å². The summed E-state index contributed by atoms with van der Waals surface area (Å²) < 4.78 is 3.75. The SMILES string of the molecule is CN(C)CC(=O)N1CCC(n2cnc(Nc3ncc4cc(C#N)c(=O)n(C5CCCC5)c4n3)c2)CC1. The zero-order valence-corrected chi connectivity index (χ0v) is 20.7. The molecule has 5 rings (SSSR count). The van der Waals surface area contributed by atoms with Crippen molar-refractivity contribution in [1.29, 1.82) is 5.26 Å². The van der Waals surface area contributed by atoms with Crippen molar-refractivity contribution < 1.29 is 4.79 Å². The number of likely N-dealkylation sites (N-methyl/N-ethyl adjacent to an activating group) is 1. The van der Waals surface area contributed by atoms with Crippen LogP contribution in [0.3, 0.4) is 0 Å². The molecular formula is C25H31N9O2. The van der Waals surface area contributed by atoms with E-state index in [-0.39, 0.29) is 29.1 Å². The fourth-order valence-corrected chi connectivity index (χ4v) is 5.26. The molecule has 11 heteroatoms. The summed E-state index contributed by atoms with van der Waals surface area (Å²) in [7, 11) is 3.81. The number of imidazole rings is 1. The molecule has 1 aliphatic heterocycles. The molecule has 36 heavy (non-hydrogen) atoms. The molecule has 1 aliphatic carbocycles. The third kappa shape index (κ3) is 4.81. The summed E-state index contributed by atoms with van der Waals surface area (Å²) in [6.07, 6.45) is 11.0. The summed E-state index contributed by atoms with van der Waals surface area (Å²) in [6, 6.07) is 3.90. The minimum Gasteiger partial charge on any atom is -0.341 e. The van der Waals surface area contributed by atoms with Gasteiger partial charge < -0.3 is 19.7 Å². The second-order valence-electron chi connectivity index (χ2n) is 9.94. The van der Waals surface area contributed by atoms with Gasteiger partial charge in [-0.1, -0.05) is 12.8 Å². The minimum absolute atomic E-state index is 0.0470. The average Bonchev–Trinajstić information content (AvgIpc) is 3.56. The van der Waals surface area contributed by atoms with Gasteiger partial charge in [0, 0.05) is 43.0 Å². The van der Waals surface area contributed by atoms with Crippen LogP contribution in [0, 0.1) is 11.3 Å². The van der Waals surface area contributed by atoms with Crippen molar-refractivity contribution in [3.63, 3.8) is 0 Å². The van der Waals surface area contributed by atoms with Crippen molar-refractivity contribution in [1.82, 2.24) is 33.9 Å². The summed E-state index contributed by atoms with van der Waals surface area (Å²) in [5.41, 5.74) is 0.366. The highest BCUT2D eigenvalue weighted by molar-refractivity contribution is 5.78. The van der Waals surface area contributed by atoms with Crippen molar-refractivity contribution in [3.05, 3.63) is 40.7 Å². The fourth-order valence-electron chi connectivity index (χ4n) is 5.26. The molecular weight excluding hydrogens is 458 g/mol. The van der Waals surface area contributed by atoms with Crippen LogP contribution in [-0.2, 0) is 4.79 Å². The smallest absolute Gasteiger partial charge is 0.270 e. The summed E-state index contributed by atoms with van der Waals surface area (Å²) in [6.45, 7) is 1.90. The molecule has 3 aromatic rings. The number of aromatic nitrogens is 5. The number of nitrogens with one attached hydrogen (secondary N) is 1. The summed E-state index contributed by atoms with van der Waals surface area (Å²) in [5, 5.41) is 13.3. The molecule has 1 saturated carbocycles. The molecule has 1 saturated heterocycles. The molecule has 0 spiro atoms. The lowest BCUT2D eigenvalue weighted by Gasteiger charge is -2.33. The highest BCUT2D eigenvalue weighted by Crippen LogP contribution is 2.31. The van der Waals surface area contributed by atoms with Gasteiger partial charge in [0.2, 0.25) is 11.9 Å². The number of hydrogen-bond acceptors (Lipinski definition) is 8. The maximum atomic E-state index is 13.0. The molecule has 2 fully saturated rings. The molecule has 11 nitrogen and oxygen atoms in total. The molecule has 1 amide bonds. The predicted molar refractivity (Wildman–Crippen MR) is 135 cm³/mol. The Morgan fingerprint density at radius 2 is 1.92 bits per heavy atom. The molecule has 188 valence electrons. The number of carbonyl (C=O) groups is 1. The molecule has 0 unspecified atom stereocenters. The standard InChI is InChI=1S/C25H31N9O2/c1-31(2)15-22(35)32-9-7-19(8-10-32)33-14-21(28-16-33)29-25-27-13-18-11-17(12-26)24(36)34(23(18)30-25)20-5-3-4-6-20/h11,13-14,16,19-20H,3-10,15H2,1-2H3,(H,27,29,30). The largest absolute Gasteiger partial charge is 0.341 e. The van der Waals surface area contributed by atoms with Gasteiger partial charge >= 0.3 is 0 Å². The molecule has 1 N–H and O–H groups in total. The number of fused-ring (bicyclic) bond motifs is 1. The van der Waals surface area contributed by atoms with Crippen LogP contribution in [0.1, 0.15) is 56.2 Å². The Morgan fingerprint density at radius 3 is 2.61 bits per heavy atom. The lowest BCUT2D eigenvalue weighted by molar-refractivity contribution is -0.133. The van der Waals surface area contributed by atoms with Gasteiger partial charge in [-0.15, -0.1) is 0 Å². The van der Waals surface area contributed by atoms with Crippen LogP contribution in [0.5, 0.6) is 0 Å². The van der Waals surface area contributed by atoms with E-state index in [1.807, 2.05) is 36.2 Å². The second kappa shape index (κ2) is 10.1. The van der Waals surface area contributed by atoms with Gasteiger partial charge in [0.15, 0.2) is 5.82 Å². The highest BCUT2D eigenvalue weighted by atomic mass is 16.2. The summed E-state index contributed by atoms with van der Waals surface area (Å²) >= 11 is 0. The molecule has 0 radical (unpaired) electrons. The number of anilines is 2. The Labute approximate surface area is 209 Å². The van der Waals surface area contributed by atoms with E-state index in [1.165, 1.54) is 0 Å². The molecule has 3 aromatic heterocycles. The fraction of sp³-hybridized carbons (Fsp3) is 0.520. The zero-order valence-electron chi connectivity index (χ0n) is 20.7. The number of rotatable bonds is 6. The average molecular weight is 490 g/mol. The Hall–Kier alpha value is -3.78. The quantitative estimate of drug-likeness (QED) is 0.560. The number of nitriles is 1. The van der Waals surface area contributed by atoms with Crippen LogP contribution in [0.4, 0.5) is 11.8 Å². The van der Waals surface area contributed by atoms with Gasteiger partial charge in [-0.2, -0.15) is 10.2 Å². The van der Waals surface area contributed by atoms with E-state index in [0.717, 1.165) is 51.6 Å². The van der Waals surface area contributed by atoms with E-state index < -0.39 is 0 Å². The first-order valence-electron chi connectivity index (χ1n) is 12.5. The monoisotopic (exact) mass is 489 g/mol. The van der Waals surface area contributed by atoms with Crippen molar-refractivity contribution in [2.75, 3.05) is 39.0 Å². The van der Waals surface area contributed by atoms with Crippen LogP contribution in [0.25, 0.3) is 11.0 Å². The predicted octanol–water partition coefficient (Wildman–Crippen LogP) is 2.44. The van der Waals surface area contributed by atoms with E-state index in [2.05, 4.69) is 24.8 Å². The maximum Gasteiger partial charge on any atom is 0.270 e. The number of carbonyl (C=O) groups excluding carboxylic acids is 1. The third-order valence-electron chi connectivity index (χ3n) is 7.12. The van der Waals surface area contributed by atoms with Gasteiger partial charge in [0.1, 0.15) is 17.3 Å². The Balaban J connectivity index is 1.32. The van der Waals surface area contributed by atoms with Crippen molar-refractivity contribution in [2.24, 2.45) is 0 Å². The molecule has 4 heterocycles. The van der Waals surface area contributed by atoms with E-state index in [1.54, 1.807) is 23.2 Å². The normalized spacial score (nSPS) is 17.1. The number of piperidine rings is 1. The van der Waals surface area contributed by atoms with E-state index in [4.69, 9.17) is 0 Å². The van der Waals surface area contributed by atoms with Gasteiger partial charge in [-0.05, 0) is 45.8 Å². The van der Waals surface area contributed by atoms with Crippen LogP contribution in [0.2, 0.25) is 0 Å². The summed E-state index contributed by atoms with van der Waals surface area (Å²) in [4.78, 5) is 42.7. The molecule has 2 aliphatic rings. The van der Waals surface area contributed by atoms with E-state index in [0.29, 0.717) is 29.3 Å². The molecule has 0 aromatic carbocycles. The van der Waals surface area contributed by atoms with Gasteiger partial charge in [-0.3, -0.25) is 14.2 Å². The maximum absolute atomic E-state index is 13.0. The number of likely N-dealkylation sites (tertiary alicyclic amines) is 1. The van der Waals surface area contributed by atoms with Gasteiger partial charge in [0.25, 0.3) is 5.56 Å². The van der Waals surface area contributed by atoms with E-state index in [9.17, 15) is 14.9 Å². The third-order valence-corrected chi connectivity index (χ3v) is 7.12. The van der Waals surface area contributed by atoms with Crippen LogP contribution >= 0.6 is 0 Å². The van der Waals surface area contributed by atoms with Crippen molar-refractivity contribution >= 4 is 28.7 Å². The van der Waals surface area contributed by atoms with Crippen LogP contribution in [-0.4, -0.2) is 73.5 Å². The molecule has 0 atom stereocenters. The first-order chi connectivity index (χ1) is 17.4. The van der Waals surface area contributed by atoms with E-state index >= 15 is 0 Å². The van der Waals surface area contributed by atoms with Gasteiger partial charge in [-0.25, -0.2) is 9.97 Å². The Bertz CT molecular complexity index is 1360. The summed E-state index contributed by atoms with van der Waals surface area (Å²) in [5.74, 6) is 1.13. The van der Waals surface area contributed by atoms with Crippen LogP contribution in [0.15, 0.2) is 29.6 Å². The lowest BCUT2D eigenvalue weighted by atomic mass is 10.0. The first-order valence-corrected chi connectivity index (χ1v) is 12.5. The highest BCUT2D eigenvalue weighted by Gasteiger charge is 2.25. The minimum atomic E-state index is -0.291. The zero-order chi connectivity index (χ0) is 25.2. The molecule has 0 bridgehead atoms. The number of hydrogen-bond donors (Lipinski definition) is 1. The first kappa shape index (κ1) is 23.9. The number of pyridine rings is 1. The number of amides is 1. The Kier molecular flexibility index (Phi) is 6.69. The number of nitrogens with zero attached hydrogens (tertiary/aromatic N) is 8. The Morgan fingerprint density at radius 1 is 1.17 bits per heavy atom. The topological polar surface area (TPSA) is 125 Å². The van der Waals surface area contributed by atoms with Crippen molar-refractivity contribution in [2.45, 2.75) is 50.6 Å².